The van der Waals surface area contributed by atoms with Gasteiger partial charge in [-0.2, -0.15) is 5.26 Å². The molecule has 0 aliphatic rings. The Kier molecular flexibility index (Phi) is 3.58. The van der Waals surface area contributed by atoms with Crippen LogP contribution in [0.4, 0.5) is 5.13 Å². The van der Waals surface area contributed by atoms with E-state index in [0.29, 0.717) is 5.13 Å². The first-order valence-electron chi connectivity index (χ1n) is 5.35. The summed E-state index contributed by atoms with van der Waals surface area (Å²) in [7, 11) is 0. The number of rotatable bonds is 2. The molecule has 1 amide bonds. The Morgan fingerprint density at radius 1 is 1.41 bits per heavy atom. The van der Waals surface area contributed by atoms with E-state index in [1.807, 2.05) is 11.4 Å². The zero-order chi connectivity index (χ0) is 13.3. The lowest BCUT2D eigenvalue weighted by Crippen LogP contribution is -2.29. The molecule has 0 aliphatic heterocycles. The molecule has 1 N–H and O–H groups in total. The summed E-state index contributed by atoms with van der Waals surface area (Å²) in [6.07, 6.45) is 0. The normalized spacial score (nSPS) is 12.0. The van der Waals surface area contributed by atoms with Crippen LogP contribution < -0.4 is 5.32 Å². The molecule has 0 spiro atoms. The zero-order valence-corrected chi connectivity index (χ0v) is 11.6. The number of amides is 1. The number of hydrogen-bond acceptors (Lipinski definition) is 4. The molecule has 0 aliphatic carbocycles. The standard InChI is InChI=1S/C12H17N3OS/c1-11(2,3)8-6-17-10(14-8)15-9(16)12(4,5)7-13/h6H,1-5H3,(H,14,15,16). The van der Waals surface area contributed by atoms with Gasteiger partial charge in [0.15, 0.2) is 5.13 Å². The van der Waals surface area contributed by atoms with Crippen molar-refractivity contribution >= 4 is 22.4 Å². The van der Waals surface area contributed by atoms with Gasteiger partial charge >= 0.3 is 0 Å². The average molecular weight is 251 g/mol. The third kappa shape index (κ3) is 3.27. The van der Waals surface area contributed by atoms with Crippen LogP contribution >= 0.6 is 11.3 Å². The molecule has 92 valence electrons. The number of carbonyl (C=O) groups is 1. The molecule has 17 heavy (non-hydrogen) atoms. The van der Waals surface area contributed by atoms with Crippen molar-refractivity contribution < 1.29 is 4.79 Å². The molecule has 0 bridgehead atoms. The van der Waals surface area contributed by atoms with Crippen molar-refractivity contribution in [2.24, 2.45) is 5.41 Å². The first kappa shape index (κ1) is 13.7. The van der Waals surface area contributed by atoms with Crippen LogP contribution in [-0.2, 0) is 10.2 Å². The Morgan fingerprint density at radius 2 is 2.00 bits per heavy atom. The number of thiazole rings is 1. The summed E-state index contributed by atoms with van der Waals surface area (Å²) in [5.41, 5.74) is -0.134. The van der Waals surface area contributed by atoms with Crippen LogP contribution in [0.2, 0.25) is 0 Å². The molecule has 0 atom stereocenters. The number of nitriles is 1. The Labute approximate surface area is 106 Å². The van der Waals surface area contributed by atoms with Gasteiger partial charge in [0.25, 0.3) is 0 Å². The Morgan fingerprint density at radius 3 is 2.41 bits per heavy atom. The summed E-state index contributed by atoms with van der Waals surface area (Å²) in [6, 6.07) is 1.96. The first-order chi connectivity index (χ1) is 7.66. The monoisotopic (exact) mass is 251 g/mol. The quantitative estimate of drug-likeness (QED) is 0.878. The molecule has 0 saturated heterocycles. The smallest absolute Gasteiger partial charge is 0.246 e. The maximum atomic E-state index is 11.8. The minimum atomic E-state index is -1.03. The van der Waals surface area contributed by atoms with Crippen LogP contribution in [0.25, 0.3) is 0 Å². The Bertz CT molecular complexity index is 463. The van der Waals surface area contributed by atoms with E-state index in [1.54, 1.807) is 13.8 Å². The zero-order valence-electron chi connectivity index (χ0n) is 10.8. The average Bonchev–Trinajstić information content (AvgIpc) is 2.65. The lowest BCUT2D eigenvalue weighted by molar-refractivity contribution is -0.121. The van der Waals surface area contributed by atoms with Crippen molar-refractivity contribution in [3.63, 3.8) is 0 Å². The molecule has 0 saturated carbocycles. The van der Waals surface area contributed by atoms with Gasteiger partial charge in [0.05, 0.1) is 11.8 Å². The number of nitrogens with zero attached hydrogens (tertiary/aromatic N) is 2. The van der Waals surface area contributed by atoms with Crippen LogP contribution in [0.5, 0.6) is 0 Å². The van der Waals surface area contributed by atoms with Crippen molar-refractivity contribution in [3.8, 4) is 6.07 Å². The number of anilines is 1. The molecule has 4 nitrogen and oxygen atoms in total. The first-order valence-corrected chi connectivity index (χ1v) is 6.23. The minimum Gasteiger partial charge on any atom is -0.301 e. The van der Waals surface area contributed by atoms with E-state index in [2.05, 4.69) is 31.1 Å². The fraction of sp³-hybridized carbons (Fsp3) is 0.583. The van der Waals surface area contributed by atoms with Gasteiger partial charge in [0.1, 0.15) is 5.41 Å². The van der Waals surface area contributed by atoms with Gasteiger partial charge in [0, 0.05) is 10.8 Å². The maximum absolute atomic E-state index is 11.8. The second kappa shape index (κ2) is 4.46. The predicted octanol–water partition coefficient (Wildman–Crippen LogP) is 2.93. The molecule has 0 aromatic carbocycles. The van der Waals surface area contributed by atoms with Crippen LogP contribution in [0.3, 0.4) is 0 Å². The maximum Gasteiger partial charge on any atom is 0.246 e. The highest BCUT2D eigenvalue weighted by Gasteiger charge is 2.28. The van der Waals surface area contributed by atoms with Crippen molar-refractivity contribution in [1.82, 2.24) is 4.98 Å². The number of carbonyl (C=O) groups excluding carboxylic acids is 1. The molecule has 0 unspecified atom stereocenters. The minimum absolute atomic E-state index is 0.0375. The van der Waals surface area contributed by atoms with E-state index in [0.717, 1.165) is 5.69 Å². The summed E-state index contributed by atoms with van der Waals surface area (Å²) in [5, 5.41) is 14.0. The van der Waals surface area contributed by atoms with Crippen molar-refractivity contribution in [2.75, 3.05) is 5.32 Å². The van der Waals surface area contributed by atoms with Crippen molar-refractivity contribution in [2.45, 2.75) is 40.0 Å². The molecular formula is C12H17N3OS. The highest BCUT2D eigenvalue weighted by atomic mass is 32.1. The molecule has 1 rings (SSSR count). The number of nitrogens with one attached hydrogen (secondary N) is 1. The van der Waals surface area contributed by atoms with Crippen LogP contribution in [0.15, 0.2) is 5.38 Å². The topological polar surface area (TPSA) is 65.8 Å². The van der Waals surface area contributed by atoms with Gasteiger partial charge in [-0.1, -0.05) is 20.8 Å². The second-order valence-corrected chi connectivity index (χ2v) is 6.34. The van der Waals surface area contributed by atoms with E-state index in [1.165, 1.54) is 11.3 Å². The Balaban J connectivity index is 2.82. The van der Waals surface area contributed by atoms with E-state index in [9.17, 15) is 4.79 Å². The van der Waals surface area contributed by atoms with E-state index in [4.69, 9.17) is 5.26 Å². The fourth-order valence-corrected chi connectivity index (χ4v) is 1.91. The molecular weight excluding hydrogens is 234 g/mol. The van der Waals surface area contributed by atoms with Gasteiger partial charge < -0.3 is 5.32 Å². The van der Waals surface area contributed by atoms with Crippen molar-refractivity contribution in [3.05, 3.63) is 11.1 Å². The lowest BCUT2D eigenvalue weighted by atomic mass is 9.93. The van der Waals surface area contributed by atoms with Crippen LogP contribution in [0.1, 0.15) is 40.3 Å². The molecule has 5 heteroatoms. The second-order valence-electron chi connectivity index (χ2n) is 5.48. The largest absolute Gasteiger partial charge is 0.301 e. The summed E-state index contributed by atoms with van der Waals surface area (Å²) < 4.78 is 0. The van der Waals surface area contributed by atoms with Crippen molar-refractivity contribution in [1.29, 1.82) is 5.26 Å². The highest BCUT2D eigenvalue weighted by molar-refractivity contribution is 7.14. The number of hydrogen-bond donors (Lipinski definition) is 1. The molecule has 1 heterocycles. The highest BCUT2D eigenvalue weighted by Crippen LogP contribution is 2.27. The third-order valence-electron chi connectivity index (χ3n) is 2.34. The summed E-state index contributed by atoms with van der Waals surface area (Å²) >= 11 is 1.38. The van der Waals surface area contributed by atoms with E-state index >= 15 is 0 Å². The fourth-order valence-electron chi connectivity index (χ4n) is 0.980. The van der Waals surface area contributed by atoms with Gasteiger partial charge in [-0.3, -0.25) is 4.79 Å². The van der Waals surface area contributed by atoms with E-state index in [-0.39, 0.29) is 11.3 Å². The van der Waals surface area contributed by atoms with Crippen LogP contribution in [-0.4, -0.2) is 10.9 Å². The predicted molar refractivity (Wildman–Crippen MR) is 68.8 cm³/mol. The Hall–Kier alpha value is -1.41. The summed E-state index contributed by atoms with van der Waals surface area (Å²) in [5.74, 6) is -0.324. The molecule has 1 aromatic rings. The third-order valence-corrected chi connectivity index (χ3v) is 3.10. The van der Waals surface area contributed by atoms with Gasteiger partial charge in [-0.25, -0.2) is 4.98 Å². The molecule has 1 aromatic heterocycles. The summed E-state index contributed by atoms with van der Waals surface area (Å²) in [6.45, 7) is 9.35. The van der Waals surface area contributed by atoms with Gasteiger partial charge in [0.2, 0.25) is 5.91 Å². The lowest BCUT2D eigenvalue weighted by Gasteiger charge is -2.15. The number of aromatic nitrogens is 1. The van der Waals surface area contributed by atoms with Gasteiger partial charge in [-0.05, 0) is 13.8 Å². The van der Waals surface area contributed by atoms with E-state index < -0.39 is 5.41 Å². The van der Waals surface area contributed by atoms with Gasteiger partial charge in [-0.15, -0.1) is 11.3 Å². The van der Waals surface area contributed by atoms with Crippen LogP contribution in [0, 0.1) is 16.7 Å². The molecule has 0 fully saturated rings. The molecule has 0 radical (unpaired) electrons. The summed E-state index contributed by atoms with van der Waals surface area (Å²) in [4.78, 5) is 16.1. The SMILES string of the molecule is CC(C)(C#N)C(=O)Nc1nc(C(C)(C)C)cs1.